The molecule has 0 bridgehead atoms. The fourth-order valence-electron chi connectivity index (χ4n) is 3.80. The van der Waals surface area contributed by atoms with Gasteiger partial charge in [0.25, 0.3) is 5.56 Å². The van der Waals surface area contributed by atoms with Gasteiger partial charge in [0.1, 0.15) is 0 Å². The van der Waals surface area contributed by atoms with Crippen LogP contribution in [0.4, 0.5) is 5.95 Å². The third kappa shape index (κ3) is 4.49. The van der Waals surface area contributed by atoms with Crippen LogP contribution >= 0.6 is 11.6 Å². The largest absolute Gasteiger partial charge is 0.347 e. The summed E-state index contributed by atoms with van der Waals surface area (Å²) in [5.41, 5.74) is 3.95. The van der Waals surface area contributed by atoms with Gasteiger partial charge in [0.05, 0.1) is 30.0 Å². The Morgan fingerprint density at radius 3 is 2.82 bits per heavy atom. The van der Waals surface area contributed by atoms with Crippen LogP contribution in [0.1, 0.15) is 24.1 Å². The van der Waals surface area contributed by atoms with Crippen LogP contribution in [0.5, 0.6) is 0 Å². The molecule has 2 N–H and O–H groups in total. The van der Waals surface area contributed by atoms with Gasteiger partial charge in [-0.3, -0.25) is 4.79 Å². The number of fused-ring (bicyclic) bond motifs is 1. The molecule has 0 saturated heterocycles. The van der Waals surface area contributed by atoms with Gasteiger partial charge in [0, 0.05) is 34.2 Å². The normalized spacial score (nSPS) is 12.1. The van der Waals surface area contributed by atoms with E-state index in [4.69, 9.17) is 11.6 Å². The second-order valence-corrected chi connectivity index (χ2v) is 8.25. The zero-order valence-corrected chi connectivity index (χ0v) is 18.6. The molecule has 0 aliphatic heterocycles. The maximum Gasteiger partial charge on any atom is 0.253 e. The third-order valence-corrected chi connectivity index (χ3v) is 5.71. The van der Waals surface area contributed by atoms with Gasteiger partial charge in [-0.1, -0.05) is 41.9 Å². The first-order chi connectivity index (χ1) is 16.1. The summed E-state index contributed by atoms with van der Waals surface area (Å²) < 4.78 is 2.04. The van der Waals surface area contributed by atoms with Crippen molar-refractivity contribution in [2.24, 2.45) is 0 Å². The Kier molecular flexibility index (Phi) is 5.62. The number of halogens is 1. The predicted molar refractivity (Wildman–Crippen MR) is 130 cm³/mol. The van der Waals surface area contributed by atoms with E-state index in [-0.39, 0.29) is 11.6 Å². The first-order valence-corrected chi connectivity index (χ1v) is 10.9. The number of H-pyrrole nitrogens is 1. The fourth-order valence-corrected chi connectivity index (χ4v) is 3.98. The van der Waals surface area contributed by atoms with Crippen molar-refractivity contribution < 1.29 is 0 Å². The Morgan fingerprint density at radius 2 is 1.97 bits per heavy atom. The summed E-state index contributed by atoms with van der Waals surface area (Å²) in [5.74, 6) is 0.429. The van der Waals surface area contributed by atoms with E-state index in [1.54, 1.807) is 30.9 Å². The quantitative estimate of drug-likeness (QED) is 0.373. The van der Waals surface area contributed by atoms with Crippen LogP contribution in [0.25, 0.3) is 22.3 Å². The van der Waals surface area contributed by atoms with Crippen molar-refractivity contribution in [1.29, 1.82) is 0 Å². The van der Waals surface area contributed by atoms with E-state index < -0.39 is 0 Å². The summed E-state index contributed by atoms with van der Waals surface area (Å²) in [7, 11) is 0. The maximum absolute atomic E-state index is 12.6. The zero-order valence-electron chi connectivity index (χ0n) is 17.9. The smallest absolute Gasteiger partial charge is 0.253 e. The molecule has 0 radical (unpaired) electrons. The Hall–Kier alpha value is -3.97. The van der Waals surface area contributed by atoms with E-state index in [1.807, 2.05) is 47.9 Å². The molecule has 33 heavy (non-hydrogen) atoms. The second kappa shape index (κ2) is 8.88. The Bertz CT molecular complexity index is 1480. The Labute approximate surface area is 195 Å². The van der Waals surface area contributed by atoms with Crippen LogP contribution in [0.15, 0.2) is 84.2 Å². The summed E-state index contributed by atoms with van der Waals surface area (Å²) in [6.45, 7) is 2.59. The van der Waals surface area contributed by atoms with Crippen molar-refractivity contribution in [3.05, 3.63) is 106 Å². The third-order valence-electron chi connectivity index (χ3n) is 5.47. The first-order valence-electron chi connectivity index (χ1n) is 10.5. The molecule has 8 heteroatoms. The summed E-state index contributed by atoms with van der Waals surface area (Å²) in [4.78, 5) is 28.9. The number of benzene rings is 2. The lowest BCUT2D eigenvalue weighted by Crippen LogP contribution is -2.20. The van der Waals surface area contributed by atoms with Crippen LogP contribution in [0, 0.1) is 0 Å². The number of anilines is 1. The molecular formula is C25H21ClN6O. The minimum absolute atomic E-state index is 0.165. The Balaban J connectivity index is 1.41. The number of imidazole rings is 1. The molecule has 7 nitrogen and oxygen atoms in total. The van der Waals surface area contributed by atoms with Crippen molar-refractivity contribution in [1.82, 2.24) is 24.5 Å². The molecule has 164 valence electrons. The van der Waals surface area contributed by atoms with E-state index in [0.29, 0.717) is 23.1 Å². The van der Waals surface area contributed by atoms with E-state index in [2.05, 4.69) is 37.4 Å². The van der Waals surface area contributed by atoms with Crippen molar-refractivity contribution in [3.8, 4) is 11.4 Å². The molecule has 1 unspecified atom stereocenters. The maximum atomic E-state index is 12.6. The fraction of sp³-hybridized carbons (Fsp3) is 0.120. The highest BCUT2D eigenvalue weighted by atomic mass is 35.5. The second-order valence-electron chi connectivity index (χ2n) is 7.81. The van der Waals surface area contributed by atoms with E-state index in [9.17, 15) is 4.79 Å². The summed E-state index contributed by atoms with van der Waals surface area (Å²) >= 11 is 6.12. The molecule has 5 rings (SSSR count). The summed E-state index contributed by atoms with van der Waals surface area (Å²) in [5, 5.41) is 4.73. The lowest BCUT2D eigenvalue weighted by molar-refractivity contribution is 0.800. The molecule has 0 amide bonds. The summed E-state index contributed by atoms with van der Waals surface area (Å²) in [6.07, 6.45) is 5.28. The van der Waals surface area contributed by atoms with Crippen molar-refractivity contribution in [2.75, 3.05) is 5.32 Å². The SMILES string of the molecule is CC(Nc1nccc(-c2cncn2Cc2ccccc2)n1)c1cc2cc(Cl)ccc2[nH]c1=O. The van der Waals surface area contributed by atoms with Gasteiger partial charge in [0.2, 0.25) is 5.95 Å². The molecule has 0 aliphatic rings. The average molecular weight is 457 g/mol. The van der Waals surface area contributed by atoms with Crippen LogP contribution in [-0.4, -0.2) is 24.5 Å². The molecule has 5 aromatic rings. The van der Waals surface area contributed by atoms with Crippen LogP contribution in [0.2, 0.25) is 5.02 Å². The van der Waals surface area contributed by atoms with Crippen molar-refractivity contribution in [3.63, 3.8) is 0 Å². The van der Waals surface area contributed by atoms with E-state index >= 15 is 0 Å². The molecule has 3 aromatic heterocycles. The highest BCUT2D eigenvalue weighted by molar-refractivity contribution is 6.31. The van der Waals surface area contributed by atoms with Gasteiger partial charge in [0.15, 0.2) is 0 Å². The van der Waals surface area contributed by atoms with Crippen LogP contribution in [0.3, 0.4) is 0 Å². The lowest BCUT2D eigenvalue weighted by Gasteiger charge is -2.15. The number of hydrogen-bond acceptors (Lipinski definition) is 5. The van der Waals surface area contributed by atoms with Crippen molar-refractivity contribution >= 4 is 28.5 Å². The molecule has 2 aromatic carbocycles. The van der Waals surface area contributed by atoms with Crippen LogP contribution in [-0.2, 0) is 6.54 Å². The summed E-state index contributed by atoms with van der Waals surface area (Å²) in [6, 6.07) is 18.9. The first kappa shape index (κ1) is 20.9. The molecule has 1 atom stereocenters. The van der Waals surface area contributed by atoms with Gasteiger partial charge in [-0.25, -0.2) is 15.0 Å². The van der Waals surface area contributed by atoms with E-state index in [0.717, 1.165) is 22.3 Å². The van der Waals surface area contributed by atoms with Gasteiger partial charge >= 0.3 is 0 Å². The number of nitrogens with zero attached hydrogens (tertiary/aromatic N) is 4. The van der Waals surface area contributed by atoms with E-state index in [1.165, 1.54) is 5.56 Å². The average Bonchev–Trinajstić information content (AvgIpc) is 3.28. The minimum atomic E-state index is -0.318. The molecular weight excluding hydrogens is 436 g/mol. The number of nitrogens with one attached hydrogen (secondary N) is 2. The molecule has 0 saturated carbocycles. The number of aromatic nitrogens is 5. The standard InChI is InChI=1S/C25H21ClN6O/c1-16(20-12-18-11-19(26)7-8-21(18)30-24(20)33)29-25-28-10-9-22(31-25)23-13-27-15-32(23)14-17-5-3-2-4-6-17/h2-13,15-16H,14H2,1H3,(H,30,33)(H,28,29,31). The molecule has 0 aliphatic carbocycles. The predicted octanol–water partition coefficient (Wildman–Crippen LogP) is 5.06. The topological polar surface area (TPSA) is 88.5 Å². The molecule has 3 heterocycles. The monoisotopic (exact) mass is 456 g/mol. The minimum Gasteiger partial charge on any atom is -0.347 e. The highest BCUT2D eigenvalue weighted by Gasteiger charge is 2.14. The van der Waals surface area contributed by atoms with Gasteiger partial charge < -0.3 is 14.9 Å². The zero-order chi connectivity index (χ0) is 22.8. The van der Waals surface area contributed by atoms with Gasteiger partial charge in [-0.05, 0) is 42.8 Å². The van der Waals surface area contributed by atoms with Gasteiger partial charge in [-0.2, -0.15) is 0 Å². The number of rotatable bonds is 6. The lowest BCUT2D eigenvalue weighted by atomic mass is 10.1. The number of pyridine rings is 1. The van der Waals surface area contributed by atoms with Gasteiger partial charge in [-0.15, -0.1) is 0 Å². The molecule has 0 spiro atoms. The van der Waals surface area contributed by atoms with Crippen LogP contribution < -0.4 is 10.9 Å². The number of hydrogen-bond donors (Lipinski definition) is 2. The number of aromatic amines is 1. The molecule has 0 fully saturated rings. The highest BCUT2D eigenvalue weighted by Crippen LogP contribution is 2.23. The van der Waals surface area contributed by atoms with Crippen molar-refractivity contribution in [2.45, 2.75) is 19.5 Å². The Morgan fingerprint density at radius 1 is 1.12 bits per heavy atom.